The van der Waals surface area contributed by atoms with E-state index in [2.05, 4.69) is 45.1 Å². The van der Waals surface area contributed by atoms with Crippen molar-refractivity contribution < 1.29 is 4.74 Å². The molecule has 0 rings (SSSR count). The monoisotopic (exact) mass is 188 g/mol. The SMILES string of the molecule is CCNC(COC)C(C)(C)N(C)C. The van der Waals surface area contributed by atoms with Gasteiger partial charge in [-0.05, 0) is 34.5 Å². The van der Waals surface area contributed by atoms with Crippen molar-refractivity contribution in [1.29, 1.82) is 0 Å². The molecule has 0 spiro atoms. The Bertz CT molecular complexity index is 129. The molecule has 0 bridgehead atoms. The van der Waals surface area contributed by atoms with Crippen LogP contribution in [0.2, 0.25) is 0 Å². The number of methoxy groups -OCH3 is 1. The predicted molar refractivity (Wildman–Crippen MR) is 57.1 cm³/mol. The molecule has 0 fully saturated rings. The van der Waals surface area contributed by atoms with E-state index in [4.69, 9.17) is 4.74 Å². The molecule has 3 heteroatoms. The molecule has 0 saturated carbocycles. The Hall–Kier alpha value is -0.120. The van der Waals surface area contributed by atoms with E-state index >= 15 is 0 Å². The van der Waals surface area contributed by atoms with Crippen LogP contribution in [0.1, 0.15) is 20.8 Å². The van der Waals surface area contributed by atoms with Gasteiger partial charge in [0.25, 0.3) is 0 Å². The van der Waals surface area contributed by atoms with E-state index in [0.29, 0.717) is 6.04 Å². The molecule has 3 nitrogen and oxygen atoms in total. The molecular formula is C10H24N2O. The van der Waals surface area contributed by atoms with Gasteiger partial charge in [0, 0.05) is 18.7 Å². The minimum Gasteiger partial charge on any atom is -0.383 e. The van der Waals surface area contributed by atoms with Crippen LogP contribution in [0.25, 0.3) is 0 Å². The minimum absolute atomic E-state index is 0.117. The van der Waals surface area contributed by atoms with E-state index in [9.17, 15) is 0 Å². The number of hydrogen-bond acceptors (Lipinski definition) is 3. The van der Waals surface area contributed by atoms with Crippen LogP contribution in [0.15, 0.2) is 0 Å². The van der Waals surface area contributed by atoms with E-state index in [1.165, 1.54) is 0 Å². The summed E-state index contributed by atoms with van der Waals surface area (Å²) in [4.78, 5) is 2.22. The van der Waals surface area contributed by atoms with Gasteiger partial charge in [-0.3, -0.25) is 0 Å². The van der Waals surface area contributed by atoms with Gasteiger partial charge in [-0.15, -0.1) is 0 Å². The fraction of sp³-hybridized carbons (Fsp3) is 1.00. The van der Waals surface area contributed by atoms with E-state index < -0.39 is 0 Å². The van der Waals surface area contributed by atoms with Gasteiger partial charge in [0.05, 0.1) is 6.61 Å². The molecule has 0 aromatic carbocycles. The van der Waals surface area contributed by atoms with Gasteiger partial charge in [0.2, 0.25) is 0 Å². The summed E-state index contributed by atoms with van der Waals surface area (Å²) in [6, 6.07) is 0.373. The zero-order chi connectivity index (χ0) is 10.5. The fourth-order valence-electron chi connectivity index (χ4n) is 1.24. The molecule has 0 amide bonds. The van der Waals surface area contributed by atoms with Crippen LogP contribution >= 0.6 is 0 Å². The number of ether oxygens (including phenoxy) is 1. The highest BCUT2D eigenvalue weighted by Gasteiger charge is 2.30. The molecule has 0 aliphatic heterocycles. The Labute approximate surface area is 82.4 Å². The quantitative estimate of drug-likeness (QED) is 0.671. The Balaban J connectivity index is 4.31. The van der Waals surface area contributed by atoms with Crippen LogP contribution in [-0.4, -0.2) is 50.8 Å². The third-order valence-corrected chi connectivity index (χ3v) is 2.79. The summed E-state index contributed by atoms with van der Waals surface area (Å²) in [5, 5.41) is 3.44. The first-order chi connectivity index (χ1) is 5.96. The number of hydrogen-bond donors (Lipinski definition) is 1. The molecule has 0 heterocycles. The molecular weight excluding hydrogens is 164 g/mol. The van der Waals surface area contributed by atoms with Crippen molar-refractivity contribution in [3.05, 3.63) is 0 Å². The zero-order valence-electron chi connectivity index (χ0n) is 9.85. The first-order valence-corrected chi connectivity index (χ1v) is 4.86. The van der Waals surface area contributed by atoms with Crippen molar-refractivity contribution in [3.8, 4) is 0 Å². The molecule has 1 atom stereocenters. The predicted octanol–water partition coefficient (Wildman–Crippen LogP) is 0.951. The minimum atomic E-state index is 0.117. The summed E-state index contributed by atoms with van der Waals surface area (Å²) in [5.74, 6) is 0. The maximum Gasteiger partial charge on any atom is 0.0633 e. The van der Waals surface area contributed by atoms with Crippen LogP contribution in [0.3, 0.4) is 0 Å². The summed E-state index contributed by atoms with van der Waals surface area (Å²) in [6.45, 7) is 8.29. The highest BCUT2D eigenvalue weighted by atomic mass is 16.5. The smallest absolute Gasteiger partial charge is 0.0633 e. The highest BCUT2D eigenvalue weighted by molar-refractivity contribution is 4.90. The summed E-state index contributed by atoms with van der Waals surface area (Å²) in [6.07, 6.45) is 0. The van der Waals surface area contributed by atoms with Gasteiger partial charge < -0.3 is 15.0 Å². The van der Waals surface area contributed by atoms with Gasteiger partial charge in [-0.1, -0.05) is 6.92 Å². The molecule has 0 radical (unpaired) electrons. The van der Waals surface area contributed by atoms with Gasteiger partial charge in [-0.25, -0.2) is 0 Å². The number of nitrogens with zero attached hydrogens (tertiary/aromatic N) is 1. The summed E-state index contributed by atoms with van der Waals surface area (Å²) in [5.41, 5.74) is 0.117. The lowest BCUT2D eigenvalue weighted by Crippen LogP contribution is -2.57. The van der Waals surface area contributed by atoms with Crippen LogP contribution < -0.4 is 5.32 Å². The lowest BCUT2D eigenvalue weighted by Gasteiger charge is -2.40. The summed E-state index contributed by atoms with van der Waals surface area (Å²) < 4.78 is 5.20. The fourth-order valence-corrected chi connectivity index (χ4v) is 1.24. The average molecular weight is 188 g/mol. The normalized spacial score (nSPS) is 15.0. The van der Waals surface area contributed by atoms with Gasteiger partial charge in [0.15, 0.2) is 0 Å². The zero-order valence-corrected chi connectivity index (χ0v) is 9.85. The third-order valence-electron chi connectivity index (χ3n) is 2.79. The van der Waals surface area contributed by atoms with Crippen molar-refractivity contribution in [3.63, 3.8) is 0 Å². The Morgan fingerprint density at radius 3 is 2.23 bits per heavy atom. The first-order valence-electron chi connectivity index (χ1n) is 4.86. The number of nitrogens with one attached hydrogen (secondary N) is 1. The molecule has 0 aliphatic carbocycles. The van der Waals surface area contributed by atoms with Gasteiger partial charge in [0.1, 0.15) is 0 Å². The molecule has 80 valence electrons. The van der Waals surface area contributed by atoms with Crippen molar-refractivity contribution in [2.75, 3.05) is 34.4 Å². The second kappa shape index (κ2) is 5.58. The molecule has 0 aliphatic rings. The largest absolute Gasteiger partial charge is 0.383 e. The van der Waals surface area contributed by atoms with Gasteiger partial charge in [-0.2, -0.15) is 0 Å². The lowest BCUT2D eigenvalue weighted by molar-refractivity contribution is 0.0726. The highest BCUT2D eigenvalue weighted by Crippen LogP contribution is 2.15. The van der Waals surface area contributed by atoms with E-state index in [1.807, 2.05) is 0 Å². The molecule has 0 aromatic rings. The Morgan fingerprint density at radius 2 is 1.92 bits per heavy atom. The standard InChI is InChI=1S/C10H24N2O/c1-7-11-9(8-13-6)10(2,3)12(4)5/h9,11H,7-8H2,1-6H3. The van der Waals surface area contributed by atoms with Crippen LogP contribution in [0, 0.1) is 0 Å². The molecule has 0 aromatic heterocycles. The van der Waals surface area contributed by atoms with E-state index in [-0.39, 0.29) is 5.54 Å². The van der Waals surface area contributed by atoms with Crippen molar-refractivity contribution in [2.45, 2.75) is 32.4 Å². The topological polar surface area (TPSA) is 24.5 Å². The maximum absolute atomic E-state index is 5.20. The Kier molecular flexibility index (Phi) is 5.53. The van der Waals surface area contributed by atoms with Crippen LogP contribution in [0.4, 0.5) is 0 Å². The number of rotatable bonds is 6. The lowest BCUT2D eigenvalue weighted by atomic mass is 9.93. The van der Waals surface area contributed by atoms with Crippen LogP contribution in [0.5, 0.6) is 0 Å². The van der Waals surface area contributed by atoms with Crippen molar-refractivity contribution >= 4 is 0 Å². The third kappa shape index (κ3) is 3.63. The maximum atomic E-state index is 5.20. The molecule has 0 saturated heterocycles. The molecule has 1 N–H and O–H groups in total. The van der Waals surface area contributed by atoms with E-state index in [0.717, 1.165) is 13.2 Å². The molecule has 13 heavy (non-hydrogen) atoms. The first kappa shape index (κ1) is 12.9. The van der Waals surface area contributed by atoms with Crippen molar-refractivity contribution in [2.24, 2.45) is 0 Å². The van der Waals surface area contributed by atoms with Gasteiger partial charge >= 0.3 is 0 Å². The average Bonchev–Trinajstić information content (AvgIpc) is 2.03. The number of likely N-dealkylation sites (N-methyl/N-ethyl adjacent to an activating group) is 2. The second-order valence-electron chi connectivity index (χ2n) is 4.11. The van der Waals surface area contributed by atoms with Crippen LogP contribution in [-0.2, 0) is 4.74 Å². The summed E-state index contributed by atoms with van der Waals surface area (Å²) in [7, 11) is 5.94. The summed E-state index contributed by atoms with van der Waals surface area (Å²) >= 11 is 0. The van der Waals surface area contributed by atoms with E-state index in [1.54, 1.807) is 7.11 Å². The second-order valence-corrected chi connectivity index (χ2v) is 4.11. The van der Waals surface area contributed by atoms with Crippen molar-refractivity contribution in [1.82, 2.24) is 10.2 Å². The Morgan fingerprint density at radius 1 is 1.38 bits per heavy atom. The molecule has 1 unspecified atom stereocenters.